The molecule has 0 radical (unpaired) electrons. The van der Waals surface area contributed by atoms with Crippen LogP contribution in [0.5, 0.6) is 0 Å². The predicted molar refractivity (Wildman–Crippen MR) is 43.7 cm³/mol. The van der Waals surface area contributed by atoms with E-state index in [1.807, 2.05) is 27.7 Å². The Balaban J connectivity index is 3.81. The van der Waals surface area contributed by atoms with Crippen molar-refractivity contribution in [2.75, 3.05) is 0 Å². The number of aliphatic hydroxyl groups is 1. The summed E-state index contributed by atoms with van der Waals surface area (Å²) in [5, 5.41) is 9.44. The van der Waals surface area contributed by atoms with Crippen LogP contribution in [0.1, 0.15) is 27.7 Å². The van der Waals surface area contributed by atoms with Gasteiger partial charge in [-0.15, -0.1) is 0 Å². The number of rotatable bonds is 3. The molecule has 0 bridgehead atoms. The topological polar surface area (TPSA) is 46.2 Å². The standard InChI is InChI=1S/C8H19NO/c1-5(2)7(9)8(10)6(3)4/h5-8,10H,9H2,1-4H3/t7-,8+/m0/s1. The smallest absolute Gasteiger partial charge is 0.0716 e. The summed E-state index contributed by atoms with van der Waals surface area (Å²) in [5.41, 5.74) is 5.71. The van der Waals surface area contributed by atoms with Crippen LogP contribution in [0.15, 0.2) is 0 Å². The van der Waals surface area contributed by atoms with Crippen molar-refractivity contribution in [2.24, 2.45) is 17.6 Å². The molecule has 0 spiro atoms. The van der Waals surface area contributed by atoms with Crippen LogP contribution < -0.4 is 5.73 Å². The Bertz CT molecular complexity index is 79.3. The van der Waals surface area contributed by atoms with Crippen molar-refractivity contribution in [1.82, 2.24) is 0 Å². The summed E-state index contributed by atoms with van der Waals surface area (Å²) in [7, 11) is 0. The fourth-order valence-corrected chi connectivity index (χ4v) is 0.839. The monoisotopic (exact) mass is 145 g/mol. The second kappa shape index (κ2) is 3.94. The minimum absolute atomic E-state index is 0.0833. The van der Waals surface area contributed by atoms with Gasteiger partial charge in [0.1, 0.15) is 0 Å². The third-order valence-corrected chi connectivity index (χ3v) is 1.85. The van der Waals surface area contributed by atoms with Crippen molar-refractivity contribution < 1.29 is 5.11 Å². The van der Waals surface area contributed by atoms with E-state index in [4.69, 9.17) is 5.73 Å². The van der Waals surface area contributed by atoms with Crippen molar-refractivity contribution >= 4 is 0 Å². The molecule has 0 aliphatic carbocycles. The predicted octanol–water partition coefficient (Wildman–Crippen LogP) is 0.987. The zero-order chi connectivity index (χ0) is 8.31. The Morgan fingerprint density at radius 1 is 1.00 bits per heavy atom. The molecule has 0 saturated carbocycles. The van der Waals surface area contributed by atoms with E-state index in [1.54, 1.807) is 0 Å². The summed E-state index contributed by atoms with van der Waals surface area (Å²) in [6.07, 6.45) is -0.361. The second-order valence-electron chi connectivity index (χ2n) is 3.56. The molecule has 0 heterocycles. The van der Waals surface area contributed by atoms with E-state index in [0.29, 0.717) is 5.92 Å². The maximum Gasteiger partial charge on any atom is 0.0716 e. The molecule has 0 rings (SSSR count). The first-order valence-corrected chi connectivity index (χ1v) is 3.90. The third kappa shape index (κ3) is 2.67. The zero-order valence-corrected chi connectivity index (χ0v) is 7.33. The first-order chi connectivity index (χ1) is 4.46. The van der Waals surface area contributed by atoms with Crippen LogP contribution in [0, 0.1) is 11.8 Å². The highest BCUT2D eigenvalue weighted by molar-refractivity contribution is 4.76. The van der Waals surface area contributed by atoms with Crippen molar-refractivity contribution in [1.29, 1.82) is 0 Å². The van der Waals surface area contributed by atoms with E-state index in [-0.39, 0.29) is 18.1 Å². The Kier molecular flexibility index (Phi) is 3.91. The maximum absolute atomic E-state index is 9.44. The molecule has 0 fully saturated rings. The fraction of sp³-hybridized carbons (Fsp3) is 1.00. The van der Waals surface area contributed by atoms with E-state index in [9.17, 15) is 5.11 Å². The van der Waals surface area contributed by atoms with Crippen LogP contribution in [-0.2, 0) is 0 Å². The number of aliphatic hydroxyl groups excluding tert-OH is 1. The summed E-state index contributed by atoms with van der Waals surface area (Å²) in [5.74, 6) is 0.620. The molecule has 0 aromatic rings. The fourth-order valence-electron chi connectivity index (χ4n) is 0.839. The van der Waals surface area contributed by atoms with Crippen LogP contribution in [-0.4, -0.2) is 17.3 Å². The molecule has 2 nitrogen and oxygen atoms in total. The average Bonchev–Trinajstić information content (AvgIpc) is 1.84. The number of hydrogen-bond donors (Lipinski definition) is 2. The van der Waals surface area contributed by atoms with Gasteiger partial charge in [-0.2, -0.15) is 0 Å². The molecule has 0 aromatic heterocycles. The quantitative estimate of drug-likeness (QED) is 0.622. The van der Waals surface area contributed by atoms with Gasteiger partial charge < -0.3 is 10.8 Å². The van der Waals surface area contributed by atoms with Gasteiger partial charge in [-0.25, -0.2) is 0 Å². The molecular weight excluding hydrogens is 126 g/mol. The molecule has 0 aliphatic heterocycles. The zero-order valence-electron chi connectivity index (χ0n) is 7.33. The minimum Gasteiger partial charge on any atom is -0.391 e. The summed E-state index contributed by atoms with van der Waals surface area (Å²) in [6, 6.07) is -0.0833. The lowest BCUT2D eigenvalue weighted by Gasteiger charge is -2.24. The molecule has 0 unspecified atom stereocenters. The lowest BCUT2D eigenvalue weighted by molar-refractivity contribution is 0.0813. The van der Waals surface area contributed by atoms with E-state index >= 15 is 0 Å². The molecule has 62 valence electrons. The highest BCUT2D eigenvalue weighted by Gasteiger charge is 2.20. The summed E-state index contributed by atoms with van der Waals surface area (Å²) in [6.45, 7) is 8.01. The van der Waals surface area contributed by atoms with E-state index in [0.717, 1.165) is 0 Å². The van der Waals surface area contributed by atoms with Gasteiger partial charge in [-0.3, -0.25) is 0 Å². The van der Waals surface area contributed by atoms with E-state index in [2.05, 4.69) is 0 Å². The molecule has 2 heteroatoms. The number of nitrogens with two attached hydrogens (primary N) is 1. The van der Waals surface area contributed by atoms with Crippen LogP contribution >= 0.6 is 0 Å². The van der Waals surface area contributed by atoms with Crippen LogP contribution in [0.3, 0.4) is 0 Å². The summed E-state index contributed by atoms with van der Waals surface area (Å²) >= 11 is 0. The van der Waals surface area contributed by atoms with Crippen LogP contribution in [0.2, 0.25) is 0 Å². The first kappa shape index (κ1) is 9.92. The number of hydrogen-bond acceptors (Lipinski definition) is 2. The van der Waals surface area contributed by atoms with Gasteiger partial charge in [0.25, 0.3) is 0 Å². The van der Waals surface area contributed by atoms with Crippen molar-refractivity contribution in [3.8, 4) is 0 Å². The molecule has 3 N–H and O–H groups in total. The van der Waals surface area contributed by atoms with Crippen LogP contribution in [0.25, 0.3) is 0 Å². The van der Waals surface area contributed by atoms with Crippen LogP contribution in [0.4, 0.5) is 0 Å². The molecule has 10 heavy (non-hydrogen) atoms. The Morgan fingerprint density at radius 3 is 1.50 bits per heavy atom. The molecular formula is C8H19NO. The normalized spacial score (nSPS) is 18.0. The Labute approximate surface area is 63.4 Å². The lowest BCUT2D eigenvalue weighted by Crippen LogP contribution is -2.42. The van der Waals surface area contributed by atoms with Gasteiger partial charge in [0.05, 0.1) is 6.10 Å². The van der Waals surface area contributed by atoms with Gasteiger partial charge >= 0.3 is 0 Å². The Morgan fingerprint density at radius 2 is 1.40 bits per heavy atom. The molecule has 0 aliphatic rings. The maximum atomic E-state index is 9.44. The molecule has 0 amide bonds. The van der Waals surface area contributed by atoms with Gasteiger partial charge in [-0.05, 0) is 11.8 Å². The molecule has 0 saturated heterocycles. The largest absolute Gasteiger partial charge is 0.391 e. The van der Waals surface area contributed by atoms with E-state index in [1.165, 1.54) is 0 Å². The van der Waals surface area contributed by atoms with Crippen molar-refractivity contribution in [3.63, 3.8) is 0 Å². The van der Waals surface area contributed by atoms with Gasteiger partial charge in [0.2, 0.25) is 0 Å². The summed E-state index contributed by atoms with van der Waals surface area (Å²) in [4.78, 5) is 0. The lowest BCUT2D eigenvalue weighted by atomic mass is 9.92. The second-order valence-corrected chi connectivity index (χ2v) is 3.56. The minimum atomic E-state index is -0.361. The molecule has 0 aromatic carbocycles. The van der Waals surface area contributed by atoms with E-state index < -0.39 is 0 Å². The highest BCUT2D eigenvalue weighted by atomic mass is 16.3. The average molecular weight is 145 g/mol. The Hall–Kier alpha value is -0.0800. The highest BCUT2D eigenvalue weighted by Crippen LogP contribution is 2.10. The third-order valence-electron chi connectivity index (χ3n) is 1.85. The SMILES string of the molecule is CC(C)[C@@H](O)[C@@H](N)C(C)C. The van der Waals surface area contributed by atoms with Crippen molar-refractivity contribution in [3.05, 3.63) is 0 Å². The van der Waals surface area contributed by atoms with Crippen molar-refractivity contribution in [2.45, 2.75) is 39.8 Å². The van der Waals surface area contributed by atoms with Gasteiger partial charge in [0.15, 0.2) is 0 Å². The van der Waals surface area contributed by atoms with Gasteiger partial charge in [0, 0.05) is 6.04 Å². The summed E-state index contributed by atoms with van der Waals surface area (Å²) < 4.78 is 0. The molecule has 2 atom stereocenters. The van der Waals surface area contributed by atoms with Gasteiger partial charge in [-0.1, -0.05) is 27.7 Å². The first-order valence-electron chi connectivity index (χ1n) is 3.90.